The molecule has 0 amide bonds. The quantitative estimate of drug-likeness (QED) is 0.481. The van der Waals surface area contributed by atoms with Crippen LogP contribution in [0.3, 0.4) is 0 Å². The van der Waals surface area contributed by atoms with Gasteiger partial charge in [0.2, 0.25) is 11.7 Å². The standard InChI is InChI=1S/C17H16BrF2N3O3S/c1-23(7-10-3-4-12(25-17(19)20)13(5-10)24-2)8-15-21-16(22-26-15)14-6-11(18)9-27-14/h3-6,9,17H,7-8H2,1-2H3. The first kappa shape index (κ1) is 19.7. The summed E-state index contributed by atoms with van der Waals surface area (Å²) in [5, 5.41) is 5.95. The summed E-state index contributed by atoms with van der Waals surface area (Å²) in [5.74, 6) is 1.29. The molecule has 0 aliphatic heterocycles. The first-order valence-corrected chi connectivity index (χ1v) is 9.49. The molecule has 0 bridgehead atoms. The molecule has 0 aliphatic rings. The summed E-state index contributed by atoms with van der Waals surface area (Å²) >= 11 is 4.92. The summed E-state index contributed by atoms with van der Waals surface area (Å²) in [7, 11) is 3.30. The maximum Gasteiger partial charge on any atom is 0.387 e. The van der Waals surface area contributed by atoms with Crippen LogP contribution in [0.5, 0.6) is 11.5 Å². The van der Waals surface area contributed by atoms with Gasteiger partial charge in [0.1, 0.15) is 0 Å². The van der Waals surface area contributed by atoms with Gasteiger partial charge >= 0.3 is 6.61 Å². The Morgan fingerprint density at radius 1 is 1.26 bits per heavy atom. The molecule has 0 saturated carbocycles. The Balaban J connectivity index is 1.64. The van der Waals surface area contributed by atoms with Crippen molar-refractivity contribution in [3.8, 4) is 22.2 Å². The fourth-order valence-corrected chi connectivity index (χ4v) is 3.80. The van der Waals surface area contributed by atoms with E-state index in [9.17, 15) is 8.78 Å². The fraction of sp³-hybridized carbons (Fsp3) is 0.294. The smallest absolute Gasteiger partial charge is 0.387 e. The molecule has 3 aromatic rings. The minimum atomic E-state index is -2.90. The van der Waals surface area contributed by atoms with Gasteiger partial charge in [0.25, 0.3) is 0 Å². The van der Waals surface area contributed by atoms with E-state index in [4.69, 9.17) is 9.26 Å². The van der Waals surface area contributed by atoms with Gasteiger partial charge in [-0.25, -0.2) is 0 Å². The van der Waals surface area contributed by atoms with E-state index in [1.54, 1.807) is 12.1 Å². The van der Waals surface area contributed by atoms with Crippen LogP contribution in [0.2, 0.25) is 0 Å². The third-order valence-electron chi connectivity index (χ3n) is 3.56. The van der Waals surface area contributed by atoms with E-state index in [0.29, 0.717) is 24.8 Å². The number of methoxy groups -OCH3 is 1. The number of aromatic nitrogens is 2. The molecule has 27 heavy (non-hydrogen) atoms. The van der Waals surface area contributed by atoms with Crippen molar-refractivity contribution in [1.82, 2.24) is 15.0 Å². The molecule has 0 radical (unpaired) electrons. The Morgan fingerprint density at radius 3 is 2.74 bits per heavy atom. The minimum absolute atomic E-state index is 0.00237. The Morgan fingerprint density at radius 2 is 2.07 bits per heavy atom. The first-order chi connectivity index (χ1) is 12.9. The normalized spacial score (nSPS) is 11.4. The number of ether oxygens (including phenoxy) is 2. The molecule has 3 rings (SSSR count). The van der Waals surface area contributed by atoms with Crippen molar-refractivity contribution in [2.45, 2.75) is 19.7 Å². The summed E-state index contributed by atoms with van der Waals surface area (Å²) < 4.78 is 40.6. The van der Waals surface area contributed by atoms with Crippen LogP contribution in [-0.4, -0.2) is 35.8 Å². The van der Waals surface area contributed by atoms with Crippen molar-refractivity contribution in [3.63, 3.8) is 0 Å². The SMILES string of the molecule is COc1cc(CN(C)Cc2nc(-c3cc(Br)cs3)no2)ccc1OC(F)F. The van der Waals surface area contributed by atoms with E-state index in [1.807, 2.05) is 23.4 Å². The van der Waals surface area contributed by atoms with Gasteiger partial charge in [-0.05, 0) is 46.7 Å². The fourth-order valence-electron chi connectivity index (χ4n) is 2.45. The van der Waals surface area contributed by atoms with Gasteiger partial charge in [-0.3, -0.25) is 4.90 Å². The lowest BCUT2D eigenvalue weighted by Gasteiger charge is -2.16. The predicted molar refractivity (Wildman–Crippen MR) is 100 cm³/mol. The van der Waals surface area contributed by atoms with Crippen molar-refractivity contribution >= 4 is 27.3 Å². The topological polar surface area (TPSA) is 60.6 Å². The van der Waals surface area contributed by atoms with Crippen LogP contribution < -0.4 is 9.47 Å². The van der Waals surface area contributed by atoms with Crippen molar-refractivity contribution in [2.24, 2.45) is 0 Å². The van der Waals surface area contributed by atoms with Crippen molar-refractivity contribution in [2.75, 3.05) is 14.2 Å². The molecule has 144 valence electrons. The zero-order valence-corrected chi connectivity index (χ0v) is 16.9. The zero-order valence-electron chi connectivity index (χ0n) is 14.5. The number of halogens is 3. The van der Waals surface area contributed by atoms with Gasteiger partial charge in [0.15, 0.2) is 11.5 Å². The van der Waals surface area contributed by atoms with E-state index in [1.165, 1.54) is 24.5 Å². The molecule has 0 atom stereocenters. The van der Waals surface area contributed by atoms with Crippen molar-refractivity contribution in [1.29, 1.82) is 0 Å². The minimum Gasteiger partial charge on any atom is -0.493 e. The number of nitrogens with zero attached hydrogens (tertiary/aromatic N) is 3. The Hall–Kier alpha value is -2.04. The molecule has 1 aromatic carbocycles. The summed E-state index contributed by atoms with van der Waals surface area (Å²) in [6.45, 7) is -1.92. The van der Waals surface area contributed by atoms with Gasteiger partial charge in [-0.15, -0.1) is 11.3 Å². The van der Waals surface area contributed by atoms with Gasteiger partial charge in [0.05, 0.1) is 18.5 Å². The average Bonchev–Trinajstić information content (AvgIpc) is 3.24. The highest BCUT2D eigenvalue weighted by Crippen LogP contribution is 2.30. The third kappa shape index (κ3) is 5.24. The Bertz CT molecular complexity index is 903. The molecule has 6 nitrogen and oxygen atoms in total. The second-order valence-electron chi connectivity index (χ2n) is 5.68. The summed E-state index contributed by atoms with van der Waals surface area (Å²) in [6, 6.07) is 6.77. The van der Waals surface area contributed by atoms with Crippen LogP contribution in [0.15, 0.2) is 38.6 Å². The van der Waals surface area contributed by atoms with E-state index in [0.717, 1.165) is 14.9 Å². The summed E-state index contributed by atoms with van der Waals surface area (Å²) in [4.78, 5) is 7.28. The summed E-state index contributed by atoms with van der Waals surface area (Å²) in [6.07, 6.45) is 0. The van der Waals surface area contributed by atoms with Crippen LogP contribution in [-0.2, 0) is 13.1 Å². The Labute approximate surface area is 166 Å². The van der Waals surface area contributed by atoms with E-state index in [2.05, 4.69) is 30.8 Å². The van der Waals surface area contributed by atoms with Crippen molar-refractivity contribution < 1.29 is 22.8 Å². The van der Waals surface area contributed by atoms with E-state index < -0.39 is 6.61 Å². The number of hydrogen-bond acceptors (Lipinski definition) is 7. The number of benzene rings is 1. The van der Waals surface area contributed by atoms with Crippen LogP contribution in [0.1, 0.15) is 11.5 Å². The molecule has 2 aromatic heterocycles. The van der Waals surface area contributed by atoms with E-state index in [-0.39, 0.29) is 11.5 Å². The number of hydrogen-bond donors (Lipinski definition) is 0. The predicted octanol–water partition coefficient (Wildman–Crippen LogP) is 4.80. The molecule has 10 heteroatoms. The lowest BCUT2D eigenvalue weighted by atomic mass is 10.2. The second kappa shape index (κ2) is 8.77. The third-order valence-corrected chi connectivity index (χ3v) is 5.24. The van der Waals surface area contributed by atoms with Gasteiger partial charge in [-0.1, -0.05) is 11.2 Å². The maximum atomic E-state index is 12.4. The van der Waals surface area contributed by atoms with Crippen LogP contribution in [0.25, 0.3) is 10.7 Å². The first-order valence-electron chi connectivity index (χ1n) is 7.82. The molecular formula is C17H16BrF2N3O3S. The molecule has 2 heterocycles. The van der Waals surface area contributed by atoms with E-state index >= 15 is 0 Å². The number of thiophene rings is 1. The zero-order chi connectivity index (χ0) is 19.4. The second-order valence-corrected chi connectivity index (χ2v) is 7.50. The van der Waals surface area contributed by atoms with Gasteiger partial charge < -0.3 is 14.0 Å². The van der Waals surface area contributed by atoms with Crippen LogP contribution >= 0.6 is 27.3 Å². The van der Waals surface area contributed by atoms with Crippen molar-refractivity contribution in [3.05, 3.63) is 45.6 Å². The van der Waals surface area contributed by atoms with Crippen LogP contribution in [0, 0.1) is 0 Å². The highest BCUT2D eigenvalue weighted by molar-refractivity contribution is 9.10. The lowest BCUT2D eigenvalue weighted by molar-refractivity contribution is -0.0512. The number of rotatable bonds is 8. The molecule has 0 N–H and O–H groups in total. The highest BCUT2D eigenvalue weighted by Gasteiger charge is 2.14. The maximum absolute atomic E-state index is 12.4. The molecule has 0 unspecified atom stereocenters. The highest BCUT2D eigenvalue weighted by atomic mass is 79.9. The molecular weight excluding hydrogens is 444 g/mol. The number of alkyl halides is 2. The summed E-state index contributed by atoms with van der Waals surface area (Å²) in [5.41, 5.74) is 0.873. The molecule has 0 aliphatic carbocycles. The molecule has 0 saturated heterocycles. The largest absolute Gasteiger partial charge is 0.493 e. The monoisotopic (exact) mass is 459 g/mol. The molecule has 0 spiro atoms. The average molecular weight is 460 g/mol. The van der Waals surface area contributed by atoms with Gasteiger partial charge in [-0.2, -0.15) is 13.8 Å². The Kier molecular flexibility index (Phi) is 6.40. The van der Waals surface area contributed by atoms with Gasteiger partial charge in [0, 0.05) is 16.4 Å². The van der Waals surface area contributed by atoms with Crippen LogP contribution in [0.4, 0.5) is 8.78 Å². The molecule has 0 fully saturated rings. The lowest BCUT2D eigenvalue weighted by Crippen LogP contribution is -2.17.